The first kappa shape index (κ1) is 14.4. The van der Waals surface area contributed by atoms with Crippen LogP contribution in [0.3, 0.4) is 0 Å². The highest BCUT2D eigenvalue weighted by atomic mass is 79.9. The molecule has 23 heavy (non-hydrogen) atoms. The molecule has 6 heteroatoms. The Morgan fingerprint density at radius 3 is 2.61 bits per heavy atom. The number of aromatic nitrogens is 3. The summed E-state index contributed by atoms with van der Waals surface area (Å²) in [5.41, 5.74) is 3.04. The number of methoxy groups -OCH3 is 1. The van der Waals surface area contributed by atoms with Gasteiger partial charge in [-0.25, -0.2) is 9.50 Å². The molecule has 0 aliphatic rings. The van der Waals surface area contributed by atoms with Crippen LogP contribution in [0.5, 0.6) is 5.75 Å². The van der Waals surface area contributed by atoms with Crippen LogP contribution < -0.4 is 4.74 Å². The number of benzene rings is 2. The van der Waals surface area contributed by atoms with Gasteiger partial charge in [-0.15, -0.1) is 0 Å². The quantitative estimate of drug-likeness (QED) is 0.503. The van der Waals surface area contributed by atoms with Crippen LogP contribution in [0.15, 0.2) is 59.2 Å². The fourth-order valence-corrected chi connectivity index (χ4v) is 3.62. The molecular weight excluding hydrogens is 374 g/mol. The predicted octanol–water partition coefficient (Wildman–Crippen LogP) is 4.90. The maximum absolute atomic E-state index is 5.18. The van der Waals surface area contributed by atoms with Crippen molar-refractivity contribution >= 4 is 32.2 Å². The SMILES string of the molecule is COc1ccc(-c2cn3nc(-c4cccc(Br)c4)sc3n2)cc1. The summed E-state index contributed by atoms with van der Waals surface area (Å²) in [6.45, 7) is 0. The van der Waals surface area contributed by atoms with E-state index in [-0.39, 0.29) is 0 Å². The highest BCUT2D eigenvalue weighted by molar-refractivity contribution is 9.10. The van der Waals surface area contributed by atoms with Crippen molar-refractivity contribution in [3.63, 3.8) is 0 Å². The lowest BCUT2D eigenvalue weighted by Crippen LogP contribution is -1.84. The van der Waals surface area contributed by atoms with Crippen molar-refractivity contribution < 1.29 is 4.74 Å². The van der Waals surface area contributed by atoms with Gasteiger partial charge in [0, 0.05) is 15.6 Å². The van der Waals surface area contributed by atoms with Gasteiger partial charge in [-0.2, -0.15) is 5.10 Å². The molecule has 0 saturated carbocycles. The molecule has 4 rings (SSSR count). The molecule has 0 amide bonds. The summed E-state index contributed by atoms with van der Waals surface area (Å²) >= 11 is 5.07. The van der Waals surface area contributed by atoms with Crippen LogP contribution in [0.1, 0.15) is 0 Å². The number of halogens is 1. The van der Waals surface area contributed by atoms with Crippen molar-refractivity contribution in [1.29, 1.82) is 0 Å². The fourth-order valence-electron chi connectivity index (χ4n) is 2.34. The maximum atomic E-state index is 5.18. The van der Waals surface area contributed by atoms with Crippen LogP contribution in [0.4, 0.5) is 0 Å². The Bertz CT molecular complexity index is 944. The second kappa shape index (κ2) is 5.79. The second-order valence-corrected chi connectivity index (χ2v) is 6.87. The van der Waals surface area contributed by atoms with E-state index in [1.807, 2.05) is 53.2 Å². The third kappa shape index (κ3) is 2.75. The van der Waals surface area contributed by atoms with Gasteiger partial charge in [-0.05, 0) is 36.4 Å². The topological polar surface area (TPSA) is 39.4 Å². The zero-order chi connectivity index (χ0) is 15.8. The summed E-state index contributed by atoms with van der Waals surface area (Å²) in [5, 5.41) is 5.58. The van der Waals surface area contributed by atoms with Gasteiger partial charge in [0.05, 0.1) is 19.0 Å². The van der Waals surface area contributed by atoms with Gasteiger partial charge < -0.3 is 4.74 Å². The number of rotatable bonds is 3. The Labute approximate surface area is 145 Å². The first-order chi connectivity index (χ1) is 11.2. The number of fused-ring (bicyclic) bond motifs is 1. The van der Waals surface area contributed by atoms with Crippen LogP contribution >= 0.6 is 27.3 Å². The number of nitrogens with zero attached hydrogens (tertiary/aromatic N) is 3. The van der Waals surface area contributed by atoms with Gasteiger partial charge >= 0.3 is 0 Å². The number of imidazole rings is 1. The van der Waals surface area contributed by atoms with E-state index >= 15 is 0 Å². The van der Waals surface area contributed by atoms with Gasteiger partial charge in [0.2, 0.25) is 4.96 Å². The summed E-state index contributed by atoms with van der Waals surface area (Å²) in [4.78, 5) is 5.55. The Morgan fingerprint density at radius 1 is 1.09 bits per heavy atom. The summed E-state index contributed by atoms with van der Waals surface area (Å²) in [7, 11) is 1.66. The fraction of sp³-hybridized carbons (Fsp3) is 0.0588. The van der Waals surface area contributed by atoms with Crippen LogP contribution in [-0.2, 0) is 0 Å². The summed E-state index contributed by atoms with van der Waals surface area (Å²) in [6, 6.07) is 16.0. The average molecular weight is 386 g/mol. The molecule has 0 N–H and O–H groups in total. The molecule has 0 atom stereocenters. The van der Waals surface area contributed by atoms with E-state index in [1.165, 1.54) is 0 Å². The first-order valence-corrected chi connectivity index (χ1v) is 8.60. The molecule has 4 aromatic rings. The largest absolute Gasteiger partial charge is 0.497 e. The average Bonchev–Trinajstić information content (AvgIpc) is 3.14. The Balaban J connectivity index is 1.71. The van der Waals surface area contributed by atoms with Gasteiger partial charge in [0.1, 0.15) is 10.8 Å². The van der Waals surface area contributed by atoms with Gasteiger partial charge in [-0.3, -0.25) is 0 Å². The molecule has 0 saturated heterocycles. The summed E-state index contributed by atoms with van der Waals surface area (Å²) in [5.74, 6) is 0.838. The summed E-state index contributed by atoms with van der Waals surface area (Å²) < 4.78 is 8.06. The summed E-state index contributed by atoms with van der Waals surface area (Å²) in [6.07, 6.45) is 1.95. The minimum Gasteiger partial charge on any atom is -0.497 e. The zero-order valence-corrected chi connectivity index (χ0v) is 14.6. The molecule has 0 aliphatic heterocycles. The number of hydrogen-bond acceptors (Lipinski definition) is 4. The zero-order valence-electron chi connectivity index (χ0n) is 12.2. The van der Waals surface area contributed by atoms with E-state index in [4.69, 9.17) is 4.74 Å². The normalized spacial score (nSPS) is 11.0. The molecule has 0 radical (unpaired) electrons. The van der Waals surface area contributed by atoms with E-state index < -0.39 is 0 Å². The van der Waals surface area contributed by atoms with Gasteiger partial charge in [0.25, 0.3) is 0 Å². The minimum absolute atomic E-state index is 0.838. The van der Waals surface area contributed by atoms with Gasteiger partial charge in [0.15, 0.2) is 0 Å². The maximum Gasteiger partial charge on any atom is 0.213 e. The van der Waals surface area contributed by atoms with E-state index in [1.54, 1.807) is 18.4 Å². The highest BCUT2D eigenvalue weighted by Crippen LogP contribution is 2.29. The number of ether oxygens (including phenoxy) is 1. The third-order valence-electron chi connectivity index (χ3n) is 3.50. The van der Waals surface area contributed by atoms with Gasteiger partial charge in [-0.1, -0.05) is 39.4 Å². The minimum atomic E-state index is 0.838. The molecule has 2 aromatic heterocycles. The molecular formula is C17H12BrN3OS. The Morgan fingerprint density at radius 2 is 1.91 bits per heavy atom. The van der Waals surface area contributed by atoms with Crippen LogP contribution in [0.2, 0.25) is 0 Å². The third-order valence-corrected chi connectivity index (χ3v) is 4.97. The van der Waals surface area contributed by atoms with Crippen molar-refractivity contribution in [2.75, 3.05) is 7.11 Å². The molecule has 0 spiro atoms. The lowest BCUT2D eigenvalue weighted by Gasteiger charge is -2.00. The van der Waals surface area contributed by atoms with E-state index in [9.17, 15) is 0 Å². The molecule has 0 unspecified atom stereocenters. The smallest absolute Gasteiger partial charge is 0.213 e. The predicted molar refractivity (Wildman–Crippen MR) is 96.0 cm³/mol. The van der Waals surface area contributed by atoms with Crippen LogP contribution in [0.25, 0.3) is 26.8 Å². The van der Waals surface area contributed by atoms with E-state index in [0.717, 1.165) is 37.0 Å². The van der Waals surface area contributed by atoms with Crippen LogP contribution in [-0.4, -0.2) is 21.7 Å². The van der Waals surface area contributed by atoms with E-state index in [0.29, 0.717) is 0 Å². The molecule has 0 aliphatic carbocycles. The highest BCUT2D eigenvalue weighted by Gasteiger charge is 2.11. The Kier molecular flexibility index (Phi) is 3.63. The lowest BCUT2D eigenvalue weighted by molar-refractivity contribution is 0.415. The van der Waals surface area contributed by atoms with E-state index in [2.05, 4.69) is 32.1 Å². The van der Waals surface area contributed by atoms with Crippen molar-refractivity contribution in [2.24, 2.45) is 0 Å². The first-order valence-electron chi connectivity index (χ1n) is 6.99. The standard InChI is InChI=1S/C17H12BrN3OS/c1-22-14-7-5-11(6-8-14)15-10-21-17(19-15)23-16(20-21)12-3-2-4-13(18)9-12/h2-10H,1H3. The van der Waals surface area contributed by atoms with Crippen LogP contribution in [0, 0.1) is 0 Å². The number of hydrogen-bond donors (Lipinski definition) is 0. The van der Waals surface area contributed by atoms with Crippen molar-refractivity contribution in [1.82, 2.24) is 14.6 Å². The molecule has 0 fully saturated rings. The molecule has 2 aromatic carbocycles. The second-order valence-electron chi connectivity index (χ2n) is 5.00. The molecule has 4 nitrogen and oxygen atoms in total. The van der Waals surface area contributed by atoms with Crippen molar-refractivity contribution in [3.05, 3.63) is 59.2 Å². The monoisotopic (exact) mass is 385 g/mol. The molecule has 2 heterocycles. The van der Waals surface area contributed by atoms with Crippen molar-refractivity contribution in [3.8, 4) is 27.6 Å². The lowest BCUT2D eigenvalue weighted by atomic mass is 10.2. The Hall–Kier alpha value is -2.18. The molecule has 0 bridgehead atoms. The molecule has 114 valence electrons. The van der Waals surface area contributed by atoms with Crippen molar-refractivity contribution in [2.45, 2.75) is 0 Å².